The zero-order chi connectivity index (χ0) is 15.4. The molecule has 0 fully saturated rings. The molecule has 1 aromatic carbocycles. The summed E-state index contributed by atoms with van der Waals surface area (Å²) in [7, 11) is 0. The molecule has 0 radical (unpaired) electrons. The van der Waals surface area contributed by atoms with E-state index >= 15 is 0 Å². The second-order valence-electron chi connectivity index (χ2n) is 4.64. The zero-order valence-electron chi connectivity index (χ0n) is 11.1. The van der Waals surface area contributed by atoms with E-state index in [0.29, 0.717) is 9.50 Å². The quantitative estimate of drug-likeness (QED) is 0.843. The van der Waals surface area contributed by atoms with Crippen LogP contribution in [0.5, 0.6) is 0 Å². The Hall–Kier alpha value is -1.43. The van der Waals surface area contributed by atoms with E-state index in [0.717, 1.165) is 16.7 Å². The molecule has 2 rings (SSSR count). The van der Waals surface area contributed by atoms with Crippen molar-refractivity contribution in [2.45, 2.75) is 12.3 Å². The molecule has 4 nitrogen and oxygen atoms in total. The molecular weight excluding hydrogens is 356 g/mol. The summed E-state index contributed by atoms with van der Waals surface area (Å²) in [5, 5.41) is 9.55. The molecule has 0 aliphatic rings. The normalized spacial score (nSPS) is 12.1. The van der Waals surface area contributed by atoms with Crippen molar-refractivity contribution in [2.24, 2.45) is 5.73 Å². The average Bonchev–Trinajstić information content (AvgIpc) is 2.48. The number of hydrogen-bond donors (Lipinski definition) is 2. The third-order valence-corrected chi connectivity index (χ3v) is 4.46. The van der Waals surface area contributed by atoms with Gasteiger partial charge in [0.05, 0.1) is 11.4 Å². The van der Waals surface area contributed by atoms with Gasteiger partial charge >= 0.3 is 5.97 Å². The van der Waals surface area contributed by atoms with Crippen LogP contribution in [0.4, 0.5) is 0 Å². The summed E-state index contributed by atoms with van der Waals surface area (Å²) >= 11 is 9.75. The topological polar surface area (TPSA) is 76.2 Å². The number of rotatable bonds is 5. The summed E-state index contributed by atoms with van der Waals surface area (Å²) < 4.78 is 0.712. The molecule has 0 spiro atoms. The molecule has 6 heteroatoms. The van der Waals surface area contributed by atoms with Gasteiger partial charge in [0, 0.05) is 33.9 Å². The summed E-state index contributed by atoms with van der Waals surface area (Å²) in [4.78, 5) is 15.0. The predicted octanol–water partition coefficient (Wildman–Crippen LogP) is 3.68. The van der Waals surface area contributed by atoms with Gasteiger partial charge in [0.25, 0.3) is 0 Å². The van der Waals surface area contributed by atoms with Crippen LogP contribution in [0.1, 0.15) is 17.9 Å². The lowest BCUT2D eigenvalue weighted by Gasteiger charge is -2.16. The van der Waals surface area contributed by atoms with Crippen LogP contribution < -0.4 is 5.73 Å². The van der Waals surface area contributed by atoms with Crippen molar-refractivity contribution in [3.8, 4) is 11.1 Å². The maximum absolute atomic E-state index is 10.9. The van der Waals surface area contributed by atoms with Gasteiger partial charge in [-0.05, 0) is 46.2 Å². The number of benzene rings is 1. The highest BCUT2D eigenvalue weighted by atomic mass is 79.9. The van der Waals surface area contributed by atoms with Gasteiger partial charge in [0.2, 0.25) is 0 Å². The largest absolute Gasteiger partial charge is 0.481 e. The Kier molecular flexibility index (Phi) is 5.33. The van der Waals surface area contributed by atoms with E-state index in [1.165, 1.54) is 0 Å². The van der Waals surface area contributed by atoms with Gasteiger partial charge in [-0.15, -0.1) is 0 Å². The minimum absolute atomic E-state index is 0.0168. The minimum atomic E-state index is -0.876. The highest BCUT2D eigenvalue weighted by molar-refractivity contribution is 9.10. The van der Waals surface area contributed by atoms with Crippen molar-refractivity contribution < 1.29 is 9.90 Å². The number of nitrogens with two attached hydrogens (primary N) is 1. The van der Waals surface area contributed by atoms with Crippen LogP contribution in [0.15, 0.2) is 41.1 Å². The average molecular weight is 370 g/mol. The molecule has 1 aromatic heterocycles. The lowest BCUT2D eigenvalue weighted by molar-refractivity contribution is -0.137. The SMILES string of the molecule is NC[C@H](CC(=O)O)c1cc(Br)c(Cl)c(-c2cccnc2)c1. The Morgan fingerprint density at radius 1 is 1.48 bits per heavy atom. The maximum Gasteiger partial charge on any atom is 0.304 e. The third kappa shape index (κ3) is 3.81. The molecular formula is C15H14BrClN2O2. The van der Waals surface area contributed by atoms with Crippen molar-refractivity contribution in [3.05, 3.63) is 51.7 Å². The molecule has 1 heterocycles. The van der Waals surface area contributed by atoms with Gasteiger partial charge < -0.3 is 10.8 Å². The highest BCUT2D eigenvalue weighted by Crippen LogP contribution is 2.37. The number of aliphatic carboxylic acids is 1. The predicted molar refractivity (Wildman–Crippen MR) is 86.4 cm³/mol. The zero-order valence-corrected chi connectivity index (χ0v) is 13.4. The number of nitrogens with zero attached hydrogens (tertiary/aromatic N) is 1. The van der Waals surface area contributed by atoms with Gasteiger partial charge in [-0.3, -0.25) is 9.78 Å². The van der Waals surface area contributed by atoms with Crippen LogP contribution in [0.3, 0.4) is 0 Å². The molecule has 0 aliphatic carbocycles. The number of carboxylic acids is 1. The van der Waals surface area contributed by atoms with Crippen molar-refractivity contribution in [1.29, 1.82) is 0 Å². The summed E-state index contributed by atoms with van der Waals surface area (Å²) in [6.07, 6.45) is 3.38. The van der Waals surface area contributed by atoms with E-state index in [4.69, 9.17) is 22.4 Å². The van der Waals surface area contributed by atoms with Gasteiger partial charge in [-0.1, -0.05) is 17.7 Å². The standard InChI is InChI=1S/C15H14BrClN2O2/c16-13-5-10(11(7-18)6-14(20)21)4-12(15(13)17)9-2-1-3-19-8-9/h1-5,8,11H,6-7,18H2,(H,20,21)/t11-/m0/s1. The summed E-state index contributed by atoms with van der Waals surface area (Å²) in [5.41, 5.74) is 8.22. The van der Waals surface area contributed by atoms with Crippen molar-refractivity contribution >= 4 is 33.5 Å². The van der Waals surface area contributed by atoms with Crippen LogP contribution >= 0.6 is 27.5 Å². The fourth-order valence-electron chi connectivity index (χ4n) is 2.13. The first-order valence-electron chi connectivity index (χ1n) is 6.34. The maximum atomic E-state index is 10.9. The number of halogens is 2. The molecule has 0 bridgehead atoms. The molecule has 0 saturated carbocycles. The summed E-state index contributed by atoms with van der Waals surface area (Å²) in [5.74, 6) is -1.13. The molecule has 1 atom stereocenters. The smallest absolute Gasteiger partial charge is 0.304 e. The number of hydrogen-bond acceptors (Lipinski definition) is 3. The Morgan fingerprint density at radius 2 is 2.24 bits per heavy atom. The van der Waals surface area contributed by atoms with Crippen molar-refractivity contribution in [2.75, 3.05) is 6.54 Å². The molecule has 0 saturated heterocycles. The van der Waals surface area contributed by atoms with E-state index < -0.39 is 5.97 Å². The molecule has 110 valence electrons. The molecule has 3 N–H and O–H groups in total. The van der Waals surface area contributed by atoms with Crippen LogP contribution in [0.2, 0.25) is 5.02 Å². The summed E-state index contributed by atoms with van der Waals surface area (Å²) in [6, 6.07) is 7.43. The second-order valence-corrected chi connectivity index (χ2v) is 5.87. The Balaban J connectivity index is 2.50. The highest BCUT2D eigenvalue weighted by Gasteiger charge is 2.18. The van der Waals surface area contributed by atoms with E-state index in [1.807, 2.05) is 24.3 Å². The molecule has 21 heavy (non-hydrogen) atoms. The molecule has 0 amide bonds. The van der Waals surface area contributed by atoms with E-state index in [9.17, 15) is 4.79 Å². The molecule has 0 aliphatic heterocycles. The summed E-state index contributed by atoms with van der Waals surface area (Å²) in [6.45, 7) is 0.257. The number of carboxylic acid groups (broad SMARTS) is 1. The van der Waals surface area contributed by atoms with Gasteiger partial charge in [0.15, 0.2) is 0 Å². The Labute approximate surface area is 136 Å². The number of aromatic nitrogens is 1. The van der Waals surface area contributed by atoms with Gasteiger partial charge in [0.1, 0.15) is 0 Å². The van der Waals surface area contributed by atoms with Crippen LogP contribution in [-0.2, 0) is 4.79 Å². The first-order chi connectivity index (χ1) is 10.0. The van der Waals surface area contributed by atoms with Crippen LogP contribution in [0.25, 0.3) is 11.1 Å². The monoisotopic (exact) mass is 368 g/mol. The number of pyridine rings is 1. The first-order valence-corrected chi connectivity index (χ1v) is 7.51. The van der Waals surface area contributed by atoms with Crippen LogP contribution in [-0.4, -0.2) is 22.6 Å². The first kappa shape index (κ1) is 15.9. The van der Waals surface area contributed by atoms with E-state index in [1.54, 1.807) is 12.4 Å². The Bertz CT molecular complexity index is 650. The lowest BCUT2D eigenvalue weighted by Crippen LogP contribution is -2.16. The number of carbonyl (C=O) groups is 1. The van der Waals surface area contributed by atoms with E-state index in [2.05, 4.69) is 20.9 Å². The lowest BCUT2D eigenvalue weighted by atomic mass is 9.93. The second kappa shape index (κ2) is 7.02. The molecule has 0 unspecified atom stereocenters. The van der Waals surface area contributed by atoms with Gasteiger partial charge in [-0.25, -0.2) is 0 Å². The fraction of sp³-hybridized carbons (Fsp3) is 0.200. The van der Waals surface area contributed by atoms with Crippen molar-refractivity contribution in [3.63, 3.8) is 0 Å². The van der Waals surface area contributed by atoms with Crippen molar-refractivity contribution in [1.82, 2.24) is 4.98 Å². The van der Waals surface area contributed by atoms with Crippen LogP contribution in [0, 0.1) is 0 Å². The third-order valence-electron chi connectivity index (χ3n) is 3.20. The fourth-order valence-corrected chi connectivity index (χ4v) is 2.82. The minimum Gasteiger partial charge on any atom is -0.481 e. The van der Waals surface area contributed by atoms with Gasteiger partial charge in [-0.2, -0.15) is 0 Å². The van der Waals surface area contributed by atoms with E-state index in [-0.39, 0.29) is 18.9 Å². The molecule has 2 aromatic rings. The Morgan fingerprint density at radius 3 is 2.81 bits per heavy atom.